The Balaban J connectivity index is 2.05. The van der Waals surface area contributed by atoms with E-state index in [1.54, 1.807) is 6.07 Å². The number of ether oxygens (including phenoxy) is 2. The second-order valence-corrected chi connectivity index (χ2v) is 6.57. The van der Waals surface area contributed by atoms with Gasteiger partial charge in [0.15, 0.2) is 11.5 Å². The summed E-state index contributed by atoms with van der Waals surface area (Å²) in [6.07, 6.45) is 0. The number of carboxylic acid groups (broad SMARTS) is 1. The van der Waals surface area contributed by atoms with E-state index in [0.717, 1.165) is 5.56 Å². The van der Waals surface area contributed by atoms with Gasteiger partial charge in [0.05, 0.1) is 31.6 Å². The number of rotatable bonds is 8. The Hall–Kier alpha value is -2.38. The molecule has 2 rings (SSSR count). The maximum atomic E-state index is 12.2. The van der Waals surface area contributed by atoms with E-state index in [1.165, 1.54) is 38.1 Å². The standard InChI is InChI=1S/C18H18ClNO5S/c1-24-15-7-12(18(22)23)14(8-16(15)25-2)20-17(21)10-26-9-11-5-3-4-6-13(11)19/h3-8H,9-10H2,1-2H3,(H,20,21)(H,22,23)/p-1. The molecular formula is C18H17ClNO5S-. The van der Waals surface area contributed by atoms with Crippen LogP contribution in [-0.2, 0) is 10.5 Å². The molecule has 0 radical (unpaired) electrons. The van der Waals surface area contributed by atoms with E-state index in [9.17, 15) is 14.7 Å². The molecule has 0 aliphatic carbocycles. The summed E-state index contributed by atoms with van der Waals surface area (Å²) in [6, 6.07) is 10.0. The third-order valence-corrected chi connectivity index (χ3v) is 4.82. The smallest absolute Gasteiger partial charge is 0.234 e. The predicted octanol–water partition coefficient (Wildman–Crippen LogP) is 2.59. The van der Waals surface area contributed by atoms with Crippen LogP contribution < -0.4 is 19.9 Å². The molecule has 0 aliphatic rings. The number of nitrogens with one attached hydrogen (secondary N) is 1. The quantitative estimate of drug-likeness (QED) is 0.740. The van der Waals surface area contributed by atoms with Gasteiger partial charge in [0.1, 0.15) is 0 Å². The van der Waals surface area contributed by atoms with Crippen molar-refractivity contribution < 1.29 is 24.2 Å². The van der Waals surface area contributed by atoms with Gasteiger partial charge >= 0.3 is 0 Å². The van der Waals surface area contributed by atoms with Gasteiger partial charge in [-0.15, -0.1) is 11.8 Å². The fraction of sp³-hybridized carbons (Fsp3) is 0.222. The van der Waals surface area contributed by atoms with E-state index in [0.29, 0.717) is 16.5 Å². The number of amides is 1. The Morgan fingerprint density at radius 1 is 1.15 bits per heavy atom. The van der Waals surface area contributed by atoms with Gasteiger partial charge in [-0.25, -0.2) is 0 Å². The molecule has 0 heterocycles. The number of anilines is 1. The molecule has 0 aromatic heterocycles. The van der Waals surface area contributed by atoms with E-state index in [1.807, 2.05) is 18.2 Å². The highest BCUT2D eigenvalue weighted by atomic mass is 35.5. The van der Waals surface area contributed by atoms with Crippen molar-refractivity contribution in [3.8, 4) is 11.5 Å². The summed E-state index contributed by atoms with van der Waals surface area (Å²) in [6.45, 7) is 0. The Labute approximate surface area is 160 Å². The summed E-state index contributed by atoms with van der Waals surface area (Å²) < 4.78 is 10.2. The van der Waals surface area contributed by atoms with Crippen LogP contribution in [0, 0.1) is 0 Å². The molecule has 0 aliphatic heterocycles. The molecule has 0 fully saturated rings. The van der Waals surface area contributed by atoms with Gasteiger partial charge in [-0.1, -0.05) is 29.8 Å². The van der Waals surface area contributed by atoms with Gasteiger partial charge in [-0.2, -0.15) is 0 Å². The molecule has 0 spiro atoms. The summed E-state index contributed by atoms with van der Waals surface area (Å²) in [5.74, 6) is -0.547. The van der Waals surface area contributed by atoms with Crippen LogP contribution in [0.3, 0.4) is 0 Å². The lowest BCUT2D eigenvalue weighted by atomic mass is 10.1. The first kappa shape index (κ1) is 19.9. The van der Waals surface area contributed by atoms with Crippen molar-refractivity contribution in [2.75, 3.05) is 25.3 Å². The molecule has 0 unspecified atom stereocenters. The number of halogens is 1. The Kier molecular flexibility index (Phi) is 7.17. The van der Waals surface area contributed by atoms with Crippen molar-refractivity contribution >= 4 is 40.9 Å². The maximum Gasteiger partial charge on any atom is 0.234 e. The minimum Gasteiger partial charge on any atom is -0.545 e. The zero-order chi connectivity index (χ0) is 19.1. The third-order valence-electron chi connectivity index (χ3n) is 3.47. The van der Waals surface area contributed by atoms with Gasteiger partial charge < -0.3 is 24.7 Å². The van der Waals surface area contributed by atoms with Gasteiger partial charge in [0, 0.05) is 22.4 Å². The number of hydrogen-bond donors (Lipinski definition) is 1. The summed E-state index contributed by atoms with van der Waals surface area (Å²) in [7, 11) is 2.81. The van der Waals surface area contributed by atoms with Gasteiger partial charge in [0.25, 0.3) is 0 Å². The van der Waals surface area contributed by atoms with E-state index in [4.69, 9.17) is 21.1 Å². The van der Waals surface area contributed by atoms with Crippen LogP contribution >= 0.6 is 23.4 Å². The van der Waals surface area contributed by atoms with Crippen LogP contribution in [-0.4, -0.2) is 31.8 Å². The molecule has 0 bridgehead atoms. The largest absolute Gasteiger partial charge is 0.545 e. The van der Waals surface area contributed by atoms with Crippen molar-refractivity contribution in [3.63, 3.8) is 0 Å². The molecule has 138 valence electrons. The van der Waals surface area contributed by atoms with Crippen molar-refractivity contribution in [1.29, 1.82) is 0 Å². The van der Waals surface area contributed by atoms with E-state index >= 15 is 0 Å². The number of carboxylic acids is 1. The highest BCUT2D eigenvalue weighted by Crippen LogP contribution is 2.33. The lowest BCUT2D eigenvalue weighted by molar-refractivity contribution is -0.254. The molecule has 1 N–H and O–H groups in total. The van der Waals surface area contributed by atoms with Gasteiger partial charge in [0.2, 0.25) is 5.91 Å². The van der Waals surface area contributed by atoms with Crippen molar-refractivity contribution in [3.05, 3.63) is 52.5 Å². The first-order chi connectivity index (χ1) is 12.5. The SMILES string of the molecule is COc1cc(NC(=O)CSCc2ccccc2Cl)c(C(=O)[O-])cc1OC. The molecule has 0 atom stereocenters. The van der Waals surface area contributed by atoms with Crippen molar-refractivity contribution in [2.24, 2.45) is 0 Å². The second-order valence-electron chi connectivity index (χ2n) is 5.17. The number of carbonyl (C=O) groups is 2. The normalized spacial score (nSPS) is 10.3. The summed E-state index contributed by atoms with van der Waals surface area (Å²) in [4.78, 5) is 23.5. The molecule has 2 aromatic carbocycles. The molecule has 8 heteroatoms. The molecule has 0 saturated heterocycles. The highest BCUT2D eigenvalue weighted by molar-refractivity contribution is 7.99. The topological polar surface area (TPSA) is 87.7 Å². The first-order valence-corrected chi connectivity index (χ1v) is 9.08. The number of hydrogen-bond acceptors (Lipinski definition) is 6. The monoisotopic (exact) mass is 394 g/mol. The molecular weight excluding hydrogens is 378 g/mol. The van der Waals surface area contributed by atoms with Gasteiger partial charge in [-0.3, -0.25) is 4.79 Å². The van der Waals surface area contributed by atoms with E-state index in [2.05, 4.69) is 5.32 Å². The molecule has 2 aromatic rings. The minimum atomic E-state index is -1.43. The first-order valence-electron chi connectivity index (χ1n) is 7.54. The zero-order valence-corrected chi connectivity index (χ0v) is 15.8. The number of aromatic carboxylic acids is 1. The van der Waals surface area contributed by atoms with Crippen LogP contribution in [0.25, 0.3) is 0 Å². The Bertz CT molecular complexity index is 812. The Morgan fingerprint density at radius 2 is 1.81 bits per heavy atom. The maximum absolute atomic E-state index is 12.2. The molecule has 6 nitrogen and oxygen atoms in total. The third kappa shape index (κ3) is 5.06. The molecule has 0 saturated carbocycles. The minimum absolute atomic E-state index is 0.0889. The average molecular weight is 395 g/mol. The number of carbonyl (C=O) groups excluding carboxylic acids is 2. The van der Waals surface area contributed by atoms with E-state index in [-0.39, 0.29) is 28.7 Å². The van der Waals surface area contributed by atoms with Crippen LogP contribution in [0.2, 0.25) is 5.02 Å². The highest BCUT2D eigenvalue weighted by Gasteiger charge is 2.14. The number of benzene rings is 2. The lowest BCUT2D eigenvalue weighted by Crippen LogP contribution is -2.25. The summed E-state index contributed by atoms with van der Waals surface area (Å²) in [5, 5.41) is 14.5. The van der Waals surface area contributed by atoms with Gasteiger partial charge in [-0.05, 0) is 17.7 Å². The zero-order valence-electron chi connectivity index (χ0n) is 14.2. The second kappa shape index (κ2) is 9.35. The molecule has 26 heavy (non-hydrogen) atoms. The summed E-state index contributed by atoms with van der Waals surface area (Å²) in [5.41, 5.74) is 0.826. The number of methoxy groups -OCH3 is 2. The summed E-state index contributed by atoms with van der Waals surface area (Å²) >= 11 is 7.44. The average Bonchev–Trinajstić information content (AvgIpc) is 2.62. The fourth-order valence-electron chi connectivity index (χ4n) is 2.21. The van der Waals surface area contributed by atoms with Crippen LogP contribution in [0.4, 0.5) is 5.69 Å². The van der Waals surface area contributed by atoms with Crippen molar-refractivity contribution in [2.45, 2.75) is 5.75 Å². The van der Waals surface area contributed by atoms with Crippen molar-refractivity contribution in [1.82, 2.24) is 0 Å². The number of thioether (sulfide) groups is 1. The predicted molar refractivity (Wildman–Crippen MR) is 100 cm³/mol. The molecule has 1 amide bonds. The fourth-order valence-corrected chi connectivity index (χ4v) is 3.32. The van der Waals surface area contributed by atoms with Crippen LogP contribution in [0.1, 0.15) is 15.9 Å². The Morgan fingerprint density at radius 3 is 2.42 bits per heavy atom. The van der Waals surface area contributed by atoms with Crippen LogP contribution in [0.5, 0.6) is 11.5 Å². The van der Waals surface area contributed by atoms with E-state index < -0.39 is 5.97 Å². The van der Waals surface area contributed by atoms with Crippen LogP contribution in [0.15, 0.2) is 36.4 Å². The lowest BCUT2D eigenvalue weighted by Gasteiger charge is -2.16.